The summed E-state index contributed by atoms with van der Waals surface area (Å²) in [5, 5.41) is 33.9. The fraction of sp³-hybridized carbons (Fsp3) is 0.667. The van der Waals surface area contributed by atoms with Crippen LogP contribution in [0.1, 0.15) is 0 Å². The summed E-state index contributed by atoms with van der Waals surface area (Å²) in [5.74, 6) is -1.57. The van der Waals surface area contributed by atoms with Gasteiger partial charge in [-0.3, -0.25) is 0 Å². The summed E-state index contributed by atoms with van der Waals surface area (Å²) in [7, 11) is 0. The fourth-order valence-electron chi connectivity index (χ4n) is 1.01. The number of ether oxygens (including phenoxy) is 4. The van der Waals surface area contributed by atoms with Crippen LogP contribution in [0.4, 0.5) is 0 Å². The molecule has 0 fully saturated rings. The largest absolute Gasteiger partial charge is 0.460 e. The molecule has 4 N–H and O–H groups in total. The van der Waals surface area contributed by atoms with E-state index in [1.165, 1.54) is 0 Å². The zero-order chi connectivity index (χ0) is 16.8. The predicted octanol–water partition coefficient (Wildman–Crippen LogP) is -2.72. The highest BCUT2D eigenvalue weighted by atomic mass is 16.6. The van der Waals surface area contributed by atoms with E-state index in [0.717, 1.165) is 12.2 Å². The van der Waals surface area contributed by atoms with E-state index in [0.29, 0.717) is 0 Å². The van der Waals surface area contributed by atoms with E-state index in [4.69, 9.17) is 29.9 Å². The van der Waals surface area contributed by atoms with Crippen LogP contribution in [0.5, 0.6) is 0 Å². The van der Waals surface area contributed by atoms with E-state index in [1.807, 2.05) is 0 Å². The Hall–Kier alpha value is -1.56. The van der Waals surface area contributed by atoms with Gasteiger partial charge in [0.25, 0.3) is 0 Å². The van der Waals surface area contributed by atoms with E-state index < -0.39 is 24.5 Å². The molecular weight excluding hydrogens is 304 g/mol. The number of aliphatic hydroxyl groups is 4. The topological polar surface area (TPSA) is 152 Å². The predicted molar refractivity (Wildman–Crippen MR) is 69.1 cm³/mol. The van der Waals surface area contributed by atoms with Gasteiger partial charge in [-0.05, 0) is 0 Å². The first-order valence-electron chi connectivity index (χ1n) is 6.31. The molecule has 0 radical (unpaired) electrons. The molecule has 0 unspecified atom stereocenters. The zero-order valence-corrected chi connectivity index (χ0v) is 11.8. The second kappa shape index (κ2) is 13.1. The van der Waals surface area contributed by atoms with Crippen LogP contribution in [0, 0.1) is 0 Å². The summed E-state index contributed by atoms with van der Waals surface area (Å²) in [6, 6.07) is 0. The fourth-order valence-corrected chi connectivity index (χ4v) is 1.01. The van der Waals surface area contributed by atoms with Crippen LogP contribution in [-0.4, -0.2) is 84.6 Å². The Bertz CT molecular complexity index is 307. The number of hydrogen-bond donors (Lipinski definition) is 4. The van der Waals surface area contributed by atoms with Crippen LogP contribution < -0.4 is 0 Å². The van der Waals surface area contributed by atoms with Crippen molar-refractivity contribution < 1.29 is 49.0 Å². The molecular formula is C12H20O10. The van der Waals surface area contributed by atoms with E-state index in [9.17, 15) is 9.59 Å². The lowest BCUT2D eigenvalue weighted by molar-refractivity contribution is -0.144. The van der Waals surface area contributed by atoms with Crippen LogP contribution in [0.25, 0.3) is 0 Å². The molecule has 10 nitrogen and oxygen atoms in total. The summed E-state index contributed by atoms with van der Waals surface area (Å²) in [6.07, 6.45) is -1.45. The average Bonchev–Trinajstić information content (AvgIpc) is 2.43. The van der Waals surface area contributed by atoms with Gasteiger partial charge in [0.05, 0.1) is 26.4 Å². The van der Waals surface area contributed by atoms with E-state index >= 15 is 0 Å². The van der Waals surface area contributed by atoms with Gasteiger partial charge in [-0.1, -0.05) is 0 Å². The summed E-state index contributed by atoms with van der Waals surface area (Å²) in [4.78, 5) is 22.3. The van der Waals surface area contributed by atoms with Crippen LogP contribution in [0.2, 0.25) is 0 Å². The van der Waals surface area contributed by atoms with Crippen LogP contribution in [0.3, 0.4) is 0 Å². The molecule has 10 heteroatoms. The Kier molecular flexibility index (Phi) is 12.2. The minimum atomic E-state index is -1.59. The molecule has 0 atom stereocenters. The molecule has 128 valence electrons. The molecule has 0 saturated heterocycles. The lowest BCUT2D eigenvalue weighted by Gasteiger charge is -2.06. The van der Waals surface area contributed by atoms with Gasteiger partial charge in [-0.15, -0.1) is 0 Å². The van der Waals surface area contributed by atoms with Crippen LogP contribution in [-0.2, 0) is 28.5 Å². The van der Waals surface area contributed by atoms with Gasteiger partial charge in [0.2, 0.25) is 0 Å². The van der Waals surface area contributed by atoms with Gasteiger partial charge < -0.3 is 39.4 Å². The quantitative estimate of drug-likeness (QED) is 0.129. The summed E-state index contributed by atoms with van der Waals surface area (Å²) in [6.45, 7) is -0.847. The second-order valence-electron chi connectivity index (χ2n) is 3.78. The maximum absolute atomic E-state index is 11.1. The number of hydrogen-bond acceptors (Lipinski definition) is 10. The highest BCUT2D eigenvalue weighted by molar-refractivity contribution is 5.91. The van der Waals surface area contributed by atoms with Crippen molar-refractivity contribution in [3.05, 3.63) is 12.2 Å². The second-order valence-corrected chi connectivity index (χ2v) is 3.78. The average molecular weight is 324 g/mol. The Morgan fingerprint density at radius 1 is 0.727 bits per heavy atom. The van der Waals surface area contributed by atoms with Crippen molar-refractivity contribution in [2.75, 3.05) is 39.6 Å². The molecule has 0 heterocycles. The third kappa shape index (κ3) is 14.8. The van der Waals surface area contributed by atoms with E-state index in [-0.39, 0.29) is 39.6 Å². The lowest BCUT2D eigenvalue weighted by atomic mass is 10.5. The number of aliphatic hydroxyl groups excluding tert-OH is 2. The Labute approximate surface area is 126 Å². The van der Waals surface area contributed by atoms with Gasteiger partial charge in [-0.2, -0.15) is 0 Å². The highest BCUT2D eigenvalue weighted by Gasteiger charge is 2.03. The third-order valence-electron chi connectivity index (χ3n) is 1.83. The smallest absolute Gasteiger partial charge is 0.331 e. The van der Waals surface area contributed by atoms with E-state index in [2.05, 4.69) is 9.47 Å². The lowest BCUT2D eigenvalue weighted by Crippen LogP contribution is -2.17. The Morgan fingerprint density at radius 3 is 1.41 bits per heavy atom. The third-order valence-corrected chi connectivity index (χ3v) is 1.83. The van der Waals surface area contributed by atoms with Gasteiger partial charge >= 0.3 is 11.9 Å². The monoisotopic (exact) mass is 324 g/mol. The molecule has 0 bridgehead atoms. The molecule has 0 spiro atoms. The van der Waals surface area contributed by atoms with Gasteiger partial charge in [-0.25, -0.2) is 9.59 Å². The molecule has 0 aliphatic carbocycles. The number of carbonyl (C=O) groups excluding carboxylic acids is 2. The van der Waals surface area contributed by atoms with Crippen molar-refractivity contribution in [2.45, 2.75) is 12.6 Å². The number of rotatable bonds is 12. The maximum Gasteiger partial charge on any atom is 0.331 e. The molecule has 0 saturated carbocycles. The van der Waals surface area contributed by atoms with Crippen LogP contribution >= 0.6 is 0 Å². The van der Waals surface area contributed by atoms with Crippen molar-refractivity contribution in [1.82, 2.24) is 0 Å². The SMILES string of the molecule is O=C(/C=C\C(=O)OCCOCC(O)O)OCCOCC(O)O. The molecule has 0 aliphatic heterocycles. The number of carbonyl (C=O) groups is 2. The number of esters is 2. The zero-order valence-electron chi connectivity index (χ0n) is 11.8. The normalized spacial score (nSPS) is 11.4. The molecule has 0 aliphatic rings. The molecule has 0 amide bonds. The first-order chi connectivity index (χ1) is 10.4. The van der Waals surface area contributed by atoms with Crippen molar-refractivity contribution in [3.63, 3.8) is 0 Å². The molecule has 0 aromatic heterocycles. The Morgan fingerprint density at radius 2 is 1.09 bits per heavy atom. The standard InChI is InChI=1S/C12H20O10/c13-9(14)7-19-3-5-21-11(17)1-2-12(18)22-6-4-20-8-10(15)16/h1-2,9-10,13-16H,3-8H2/b2-1-. The van der Waals surface area contributed by atoms with Gasteiger partial charge in [0, 0.05) is 12.2 Å². The first kappa shape index (κ1) is 20.4. The van der Waals surface area contributed by atoms with Crippen molar-refractivity contribution in [2.24, 2.45) is 0 Å². The summed E-state index contributed by atoms with van der Waals surface area (Å²) in [5.41, 5.74) is 0. The first-order valence-corrected chi connectivity index (χ1v) is 6.31. The minimum absolute atomic E-state index is 0.0182. The minimum Gasteiger partial charge on any atom is -0.460 e. The maximum atomic E-state index is 11.1. The highest BCUT2D eigenvalue weighted by Crippen LogP contribution is 1.88. The van der Waals surface area contributed by atoms with Crippen molar-refractivity contribution in [1.29, 1.82) is 0 Å². The van der Waals surface area contributed by atoms with Gasteiger partial charge in [0.15, 0.2) is 12.6 Å². The van der Waals surface area contributed by atoms with Gasteiger partial charge in [0.1, 0.15) is 13.2 Å². The molecule has 22 heavy (non-hydrogen) atoms. The molecule has 0 aromatic carbocycles. The van der Waals surface area contributed by atoms with Crippen molar-refractivity contribution >= 4 is 11.9 Å². The summed E-state index contributed by atoms with van der Waals surface area (Å²) < 4.78 is 18.7. The van der Waals surface area contributed by atoms with E-state index in [1.54, 1.807) is 0 Å². The molecule has 0 rings (SSSR count). The van der Waals surface area contributed by atoms with Crippen molar-refractivity contribution in [3.8, 4) is 0 Å². The van der Waals surface area contributed by atoms with Crippen LogP contribution in [0.15, 0.2) is 12.2 Å². The summed E-state index contributed by atoms with van der Waals surface area (Å²) >= 11 is 0. The molecule has 0 aromatic rings. The Balaban J connectivity index is 3.59.